The van der Waals surface area contributed by atoms with Crippen LogP contribution >= 0.6 is 11.3 Å². The Balaban J connectivity index is 1.33. The number of hydrogen-bond donors (Lipinski definition) is 0. The molecule has 0 N–H and O–H groups in total. The Labute approximate surface area is 233 Å². The molecule has 0 spiro atoms. The summed E-state index contributed by atoms with van der Waals surface area (Å²) in [5.41, 5.74) is 2.70. The number of thiophene rings is 1. The van der Waals surface area contributed by atoms with Crippen molar-refractivity contribution < 1.29 is 23.5 Å². The first-order chi connectivity index (χ1) is 18.9. The van der Waals surface area contributed by atoms with Crippen molar-refractivity contribution in [2.45, 2.75) is 51.2 Å². The molecule has 2 atom stereocenters. The van der Waals surface area contributed by atoms with Gasteiger partial charge in [0.1, 0.15) is 24.7 Å². The van der Waals surface area contributed by atoms with E-state index in [4.69, 9.17) is 9.47 Å². The number of nitrogens with zero attached hydrogens (tertiary/aromatic N) is 2. The summed E-state index contributed by atoms with van der Waals surface area (Å²) in [6.07, 6.45) is 2.44. The number of carbonyl (C=O) groups excluding carboxylic acids is 2. The number of amides is 2. The smallest absolute Gasteiger partial charge is 0.254 e. The monoisotopic (exact) mass is 550 g/mol. The number of hydrogen-bond acceptors (Lipinski definition) is 5. The summed E-state index contributed by atoms with van der Waals surface area (Å²) in [6.45, 7) is 6.10. The topological polar surface area (TPSA) is 59.1 Å². The Kier molecular flexibility index (Phi) is 8.63. The van der Waals surface area contributed by atoms with Gasteiger partial charge in [-0.3, -0.25) is 9.59 Å². The molecular weight excluding hydrogens is 515 g/mol. The van der Waals surface area contributed by atoms with Crippen LogP contribution in [-0.4, -0.2) is 60.6 Å². The number of carbonyl (C=O) groups is 2. The minimum Gasteiger partial charge on any atom is -0.491 e. The molecule has 1 fully saturated rings. The number of rotatable bonds is 9. The minimum absolute atomic E-state index is 0.0743. The zero-order valence-corrected chi connectivity index (χ0v) is 23.3. The van der Waals surface area contributed by atoms with Gasteiger partial charge in [-0.1, -0.05) is 26.0 Å². The third-order valence-electron chi connectivity index (χ3n) is 7.52. The van der Waals surface area contributed by atoms with E-state index in [0.717, 1.165) is 30.6 Å². The molecule has 0 radical (unpaired) electrons. The first kappa shape index (κ1) is 27.3. The molecule has 1 aromatic heterocycles. The minimum atomic E-state index is -0.408. The molecule has 0 bridgehead atoms. The summed E-state index contributed by atoms with van der Waals surface area (Å²) < 4.78 is 25.5. The van der Waals surface area contributed by atoms with E-state index in [1.165, 1.54) is 34.7 Å². The van der Waals surface area contributed by atoms with Crippen LogP contribution in [0.25, 0.3) is 0 Å². The summed E-state index contributed by atoms with van der Waals surface area (Å²) in [4.78, 5) is 31.9. The summed E-state index contributed by atoms with van der Waals surface area (Å²) in [5.74, 6) is 0.360. The van der Waals surface area contributed by atoms with Gasteiger partial charge in [-0.2, -0.15) is 0 Å². The summed E-state index contributed by atoms with van der Waals surface area (Å²) >= 11 is 1.70. The normalized spacial score (nSPS) is 18.7. The molecule has 0 saturated carbocycles. The molecule has 1 saturated heterocycles. The fourth-order valence-corrected chi connectivity index (χ4v) is 6.21. The second-order valence-electron chi connectivity index (χ2n) is 10.5. The highest BCUT2D eigenvalue weighted by Crippen LogP contribution is 2.34. The Morgan fingerprint density at radius 1 is 1.13 bits per heavy atom. The van der Waals surface area contributed by atoms with E-state index in [1.54, 1.807) is 16.2 Å². The van der Waals surface area contributed by atoms with Crippen molar-refractivity contribution in [2.75, 3.05) is 32.8 Å². The van der Waals surface area contributed by atoms with E-state index in [9.17, 15) is 14.0 Å². The fraction of sp³-hybridized carbons (Fsp3) is 0.419. The van der Waals surface area contributed by atoms with Crippen LogP contribution in [0.1, 0.15) is 65.0 Å². The van der Waals surface area contributed by atoms with E-state index in [-0.39, 0.29) is 30.5 Å². The Morgan fingerprint density at radius 3 is 2.59 bits per heavy atom. The van der Waals surface area contributed by atoms with Crippen molar-refractivity contribution in [2.24, 2.45) is 0 Å². The third kappa shape index (κ3) is 6.50. The quantitative estimate of drug-likeness (QED) is 0.336. The lowest BCUT2D eigenvalue weighted by Crippen LogP contribution is -2.49. The van der Waals surface area contributed by atoms with Gasteiger partial charge in [0.15, 0.2) is 0 Å². The van der Waals surface area contributed by atoms with Crippen LogP contribution in [0.4, 0.5) is 4.39 Å². The molecule has 0 unspecified atom stereocenters. The van der Waals surface area contributed by atoms with Crippen LogP contribution in [0.2, 0.25) is 0 Å². The number of ether oxygens (including phenoxy) is 2. The Hall–Kier alpha value is -3.23. The molecule has 39 heavy (non-hydrogen) atoms. The van der Waals surface area contributed by atoms with Crippen LogP contribution in [0.15, 0.2) is 60.0 Å². The van der Waals surface area contributed by atoms with Gasteiger partial charge < -0.3 is 19.3 Å². The maximum Gasteiger partial charge on any atom is 0.254 e. The molecule has 2 aliphatic rings. The Bertz CT molecular complexity index is 1270. The lowest BCUT2D eigenvalue weighted by Gasteiger charge is -2.37. The second-order valence-corrected chi connectivity index (χ2v) is 11.5. The van der Waals surface area contributed by atoms with Crippen molar-refractivity contribution in [3.05, 3.63) is 87.4 Å². The summed E-state index contributed by atoms with van der Waals surface area (Å²) in [7, 11) is 0. The molecule has 8 heteroatoms. The van der Waals surface area contributed by atoms with Gasteiger partial charge in [0, 0.05) is 30.1 Å². The van der Waals surface area contributed by atoms with E-state index >= 15 is 0 Å². The lowest BCUT2D eigenvalue weighted by atomic mass is 10.00. The highest BCUT2D eigenvalue weighted by atomic mass is 32.1. The molecule has 2 aromatic carbocycles. The average Bonchev–Trinajstić information content (AvgIpc) is 3.64. The van der Waals surface area contributed by atoms with Crippen molar-refractivity contribution >= 4 is 23.2 Å². The molecule has 2 aliphatic heterocycles. The predicted octanol–water partition coefficient (Wildman–Crippen LogP) is 5.84. The van der Waals surface area contributed by atoms with Crippen LogP contribution in [-0.2, 0) is 16.0 Å². The van der Waals surface area contributed by atoms with Crippen LogP contribution < -0.4 is 4.74 Å². The number of benzene rings is 2. The zero-order chi connectivity index (χ0) is 27.4. The highest BCUT2D eigenvalue weighted by Gasteiger charge is 2.34. The molecule has 6 nitrogen and oxygen atoms in total. The van der Waals surface area contributed by atoms with Crippen molar-refractivity contribution in [1.29, 1.82) is 0 Å². The first-order valence-electron chi connectivity index (χ1n) is 13.6. The van der Waals surface area contributed by atoms with Crippen molar-refractivity contribution in [3.8, 4) is 5.75 Å². The lowest BCUT2D eigenvalue weighted by molar-refractivity contribution is -0.135. The van der Waals surface area contributed by atoms with Gasteiger partial charge in [0.05, 0.1) is 12.1 Å². The van der Waals surface area contributed by atoms with Crippen LogP contribution in [0.5, 0.6) is 5.75 Å². The van der Waals surface area contributed by atoms with E-state index < -0.39 is 5.82 Å². The van der Waals surface area contributed by atoms with Crippen LogP contribution in [0, 0.1) is 5.82 Å². The number of halogens is 1. The van der Waals surface area contributed by atoms with Gasteiger partial charge in [-0.25, -0.2) is 4.39 Å². The molecule has 3 heterocycles. The van der Waals surface area contributed by atoms with Crippen molar-refractivity contribution in [1.82, 2.24) is 9.80 Å². The van der Waals surface area contributed by atoms with E-state index in [0.29, 0.717) is 37.8 Å². The van der Waals surface area contributed by atoms with Gasteiger partial charge in [0.2, 0.25) is 5.91 Å². The summed E-state index contributed by atoms with van der Waals surface area (Å²) in [6, 6.07) is 15.4. The predicted molar refractivity (Wildman–Crippen MR) is 150 cm³/mol. The second kappa shape index (κ2) is 12.3. The van der Waals surface area contributed by atoms with Gasteiger partial charge >= 0.3 is 0 Å². The zero-order valence-electron chi connectivity index (χ0n) is 22.5. The van der Waals surface area contributed by atoms with Gasteiger partial charge in [-0.15, -0.1) is 11.3 Å². The van der Waals surface area contributed by atoms with E-state index in [1.807, 2.05) is 17.0 Å². The SMILES string of the molecule is CC(C)c1ccc(OC[C@@H]2c3ccsc3CCN2C(=O)CN(C[C@@H]2CCCO2)C(=O)c2ccc(F)cc2)cc1. The third-order valence-corrected chi connectivity index (χ3v) is 8.52. The van der Waals surface area contributed by atoms with Gasteiger partial charge in [0.25, 0.3) is 5.91 Å². The van der Waals surface area contributed by atoms with E-state index in [2.05, 4.69) is 37.4 Å². The maximum atomic E-state index is 13.8. The average molecular weight is 551 g/mol. The molecule has 0 aliphatic carbocycles. The number of fused-ring (bicyclic) bond motifs is 1. The molecule has 3 aromatic rings. The molecule has 2 amide bonds. The molecular formula is C31H35FN2O4S. The fourth-order valence-electron chi connectivity index (χ4n) is 5.28. The highest BCUT2D eigenvalue weighted by molar-refractivity contribution is 7.10. The van der Waals surface area contributed by atoms with Crippen LogP contribution in [0.3, 0.4) is 0 Å². The maximum absolute atomic E-state index is 13.8. The largest absolute Gasteiger partial charge is 0.491 e. The van der Waals surface area contributed by atoms with Gasteiger partial charge in [-0.05, 0) is 84.2 Å². The standard InChI is InChI=1S/C31H35FN2O4S/c1-21(2)22-7-11-25(12-8-22)38-20-28-27-14-17-39-29(27)13-15-34(28)30(35)19-33(18-26-4-3-16-37-26)31(36)23-5-9-24(32)10-6-23/h5-12,14,17,21,26,28H,3-4,13,15-16,18-20H2,1-2H3/t26-,28+/m0/s1. The first-order valence-corrected chi connectivity index (χ1v) is 14.5. The molecule has 5 rings (SSSR count). The Morgan fingerprint density at radius 2 is 1.90 bits per heavy atom. The summed E-state index contributed by atoms with van der Waals surface area (Å²) in [5, 5.41) is 2.06. The van der Waals surface area contributed by atoms with Crippen molar-refractivity contribution in [3.63, 3.8) is 0 Å². The molecule has 206 valence electrons.